The van der Waals surface area contributed by atoms with Gasteiger partial charge in [0.25, 0.3) is 0 Å². The van der Waals surface area contributed by atoms with Gasteiger partial charge in [-0.2, -0.15) is 0 Å². The molecule has 1 saturated heterocycles. The molecule has 1 aromatic rings. The standard InChI is InChI=1S/C16H25NO/c1-14(18)7-5-6-11-17-12-10-16(13-17)15-8-3-2-4-9-15/h2-4,8-9,14,16,18H,5-7,10-13H2,1H3. The van der Waals surface area contributed by atoms with Gasteiger partial charge in [0.05, 0.1) is 6.10 Å². The van der Waals surface area contributed by atoms with Gasteiger partial charge in [-0.3, -0.25) is 0 Å². The maximum absolute atomic E-state index is 9.22. The fraction of sp³-hybridized carbons (Fsp3) is 0.625. The lowest BCUT2D eigenvalue weighted by Crippen LogP contribution is -2.21. The van der Waals surface area contributed by atoms with Crippen molar-refractivity contribution in [3.63, 3.8) is 0 Å². The number of aliphatic hydroxyl groups excluding tert-OH is 1. The van der Waals surface area contributed by atoms with E-state index in [1.165, 1.54) is 38.0 Å². The average Bonchev–Trinajstić information content (AvgIpc) is 2.84. The summed E-state index contributed by atoms with van der Waals surface area (Å²) in [6.07, 6.45) is 4.45. The van der Waals surface area contributed by atoms with Gasteiger partial charge in [0.15, 0.2) is 0 Å². The highest BCUT2D eigenvalue weighted by Crippen LogP contribution is 2.26. The maximum atomic E-state index is 9.22. The van der Waals surface area contributed by atoms with E-state index in [1.807, 2.05) is 6.92 Å². The molecule has 0 spiro atoms. The zero-order chi connectivity index (χ0) is 12.8. The highest BCUT2D eigenvalue weighted by Gasteiger charge is 2.22. The molecular weight excluding hydrogens is 222 g/mol. The summed E-state index contributed by atoms with van der Waals surface area (Å²) in [5, 5.41) is 9.22. The van der Waals surface area contributed by atoms with Crippen LogP contribution in [0.4, 0.5) is 0 Å². The number of benzene rings is 1. The zero-order valence-corrected chi connectivity index (χ0v) is 11.4. The molecule has 100 valence electrons. The predicted molar refractivity (Wildman–Crippen MR) is 75.8 cm³/mol. The topological polar surface area (TPSA) is 23.5 Å². The average molecular weight is 247 g/mol. The van der Waals surface area contributed by atoms with Crippen molar-refractivity contribution in [2.75, 3.05) is 19.6 Å². The van der Waals surface area contributed by atoms with Gasteiger partial charge in [0.1, 0.15) is 0 Å². The molecule has 1 aromatic carbocycles. The molecule has 2 unspecified atom stereocenters. The van der Waals surface area contributed by atoms with Crippen LogP contribution >= 0.6 is 0 Å². The van der Waals surface area contributed by atoms with Crippen LogP contribution in [0.1, 0.15) is 44.1 Å². The Hall–Kier alpha value is -0.860. The minimum absolute atomic E-state index is 0.138. The smallest absolute Gasteiger partial charge is 0.0512 e. The fourth-order valence-corrected chi connectivity index (χ4v) is 2.81. The summed E-state index contributed by atoms with van der Waals surface area (Å²) >= 11 is 0. The SMILES string of the molecule is CC(O)CCCCN1CCC(c2ccccc2)C1. The highest BCUT2D eigenvalue weighted by molar-refractivity contribution is 5.20. The van der Waals surface area contributed by atoms with Crippen LogP contribution in [0.5, 0.6) is 0 Å². The zero-order valence-electron chi connectivity index (χ0n) is 11.4. The number of aliphatic hydroxyl groups is 1. The Bertz CT molecular complexity index is 336. The van der Waals surface area contributed by atoms with Crippen molar-refractivity contribution in [3.05, 3.63) is 35.9 Å². The first kappa shape index (κ1) is 13.6. The molecule has 0 aliphatic carbocycles. The normalized spacial score (nSPS) is 22.2. The molecule has 0 saturated carbocycles. The Morgan fingerprint density at radius 2 is 2.06 bits per heavy atom. The van der Waals surface area contributed by atoms with Crippen LogP contribution in [0.2, 0.25) is 0 Å². The van der Waals surface area contributed by atoms with E-state index >= 15 is 0 Å². The Kier molecular flexibility index (Phi) is 5.21. The summed E-state index contributed by atoms with van der Waals surface area (Å²) in [6, 6.07) is 10.9. The monoisotopic (exact) mass is 247 g/mol. The molecule has 1 aliphatic heterocycles. The molecule has 2 heteroatoms. The van der Waals surface area contributed by atoms with Crippen molar-refractivity contribution in [2.45, 2.75) is 44.6 Å². The molecule has 1 N–H and O–H groups in total. The van der Waals surface area contributed by atoms with Crippen LogP contribution in [-0.4, -0.2) is 35.7 Å². The van der Waals surface area contributed by atoms with E-state index < -0.39 is 0 Å². The third-order valence-electron chi connectivity index (χ3n) is 3.89. The summed E-state index contributed by atoms with van der Waals surface area (Å²) in [7, 11) is 0. The number of unbranched alkanes of at least 4 members (excludes halogenated alkanes) is 1. The second-order valence-electron chi connectivity index (χ2n) is 5.54. The lowest BCUT2D eigenvalue weighted by molar-refractivity contribution is 0.178. The third kappa shape index (κ3) is 4.11. The van der Waals surface area contributed by atoms with Gasteiger partial charge in [0.2, 0.25) is 0 Å². The largest absolute Gasteiger partial charge is 0.393 e. The van der Waals surface area contributed by atoms with Gasteiger partial charge >= 0.3 is 0 Å². The molecule has 0 amide bonds. The van der Waals surface area contributed by atoms with Crippen molar-refractivity contribution in [1.29, 1.82) is 0 Å². The third-order valence-corrected chi connectivity index (χ3v) is 3.89. The van der Waals surface area contributed by atoms with Crippen LogP contribution in [0, 0.1) is 0 Å². The molecule has 1 fully saturated rings. The Labute approximate surface area is 111 Å². The van der Waals surface area contributed by atoms with Crippen LogP contribution in [0.25, 0.3) is 0 Å². The summed E-state index contributed by atoms with van der Waals surface area (Å²) < 4.78 is 0. The number of likely N-dealkylation sites (tertiary alicyclic amines) is 1. The summed E-state index contributed by atoms with van der Waals surface area (Å²) in [6.45, 7) is 5.50. The van der Waals surface area contributed by atoms with Gasteiger partial charge in [-0.05, 0) is 57.2 Å². The van der Waals surface area contributed by atoms with Gasteiger partial charge in [-0.25, -0.2) is 0 Å². The molecule has 1 aliphatic rings. The summed E-state index contributed by atoms with van der Waals surface area (Å²) in [5.74, 6) is 0.725. The fourth-order valence-electron chi connectivity index (χ4n) is 2.81. The molecule has 2 nitrogen and oxygen atoms in total. The number of hydrogen-bond donors (Lipinski definition) is 1. The Morgan fingerprint density at radius 1 is 1.28 bits per heavy atom. The van der Waals surface area contributed by atoms with Crippen molar-refractivity contribution in [2.24, 2.45) is 0 Å². The summed E-state index contributed by atoms with van der Waals surface area (Å²) in [5.41, 5.74) is 1.49. The van der Waals surface area contributed by atoms with E-state index in [1.54, 1.807) is 0 Å². The van der Waals surface area contributed by atoms with Gasteiger partial charge in [-0.15, -0.1) is 0 Å². The molecule has 18 heavy (non-hydrogen) atoms. The number of hydrogen-bond acceptors (Lipinski definition) is 2. The Morgan fingerprint density at radius 3 is 2.78 bits per heavy atom. The van der Waals surface area contributed by atoms with Gasteiger partial charge < -0.3 is 10.0 Å². The van der Waals surface area contributed by atoms with E-state index in [-0.39, 0.29) is 6.10 Å². The van der Waals surface area contributed by atoms with E-state index in [9.17, 15) is 5.11 Å². The van der Waals surface area contributed by atoms with E-state index in [0.717, 1.165) is 18.8 Å². The van der Waals surface area contributed by atoms with Crippen molar-refractivity contribution in [3.8, 4) is 0 Å². The lowest BCUT2D eigenvalue weighted by Gasteiger charge is -2.16. The predicted octanol–water partition coefficient (Wildman–Crippen LogP) is 3.03. The molecule has 0 bridgehead atoms. The van der Waals surface area contributed by atoms with E-state index in [0.29, 0.717) is 0 Å². The Balaban J connectivity index is 1.69. The van der Waals surface area contributed by atoms with Crippen molar-refractivity contribution >= 4 is 0 Å². The van der Waals surface area contributed by atoms with E-state index in [2.05, 4.69) is 35.2 Å². The molecular formula is C16H25NO. The maximum Gasteiger partial charge on any atom is 0.0512 e. The van der Waals surface area contributed by atoms with Crippen LogP contribution < -0.4 is 0 Å². The first-order valence-electron chi connectivity index (χ1n) is 7.21. The molecule has 2 atom stereocenters. The second kappa shape index (κ2) is 6.91. The molecule has 1 heterocycles. The second-order valence-corrected chi connectivity index (χ2v) is 5.54. The summed E-state index contributed by atoms with van der Waals surface area (Å²) in [4.78, 5) is 2.57. The van der Waals surface area contributed by atoms with Crippen LogP contribution in [0.3, 0.4) is 0 Å². The first-order chi connectivity index (χ1) is 8.75. The van der Waals surface area contributed by atoms with Gasteiger partial charge in [-0.1, -0.05) is 30.3 Å². The first-order valence-corrected chi connectivity index (χ1v) is 7.21. The van der Waals surface area contributed by atoms with E-state index in [4.69, 9.17) is 0 Å². The van der Waals surface area contributed by atoms with Crippen LogP contribution in [-0.2, 0) is 0 Å². The van der Waals surface area contributed by atoms with Crippen molar-refractivity contribution < 1.29 is 5.11 Å². The number of rotatable bonds is 6. The molecule has 0 radical (unpaired) electrons. The van der Waals surface area contributed by atoms with Crippen molar-refractivity contribution in [1.82, 2.24) is 4.90 Å². The molecule has 0 aromatic heterocycles. The minimum atomic E-state index is -0.138. The highest BCUT2D eigenvalue weighted by atomic mass is 16.3. The van der Waals surface area contributed by atoms with Crippen LogP contribution in [0.15, 0.2) is 30.3 Å². The number of nitrogens with zero attached hydrogens (tertiary/aromatic N) is 1. The molecule has 2 rings (SSSR count). The lowest BCUT2D eigenvalue weighted by atomic mass is 9.99. The minimum Gasteiger partial charge on any atom is -0.393 e. The van der Waals surface area contributed by atoms with Gasteiger partial charge in [0, 0.05) is 6.54 Å². The quantitative estimate of drug-likeness (QED) is 0.781.